The first-order chi connectivity index (χ1) is 10.7. The van der Waals surface area contributed by atoms with Crippen molar-refractivity contribution in [3.63, 3.8) is 0 Å². The Labute approximate surface area is 127 Å². The molecule has 6 nitrogen and oxygen atoms in total. The molecule has 112 valence electrons. The summed E-state index contributed by atoms with van der Waals surface area (Å²) in [6, 6.07) is 9.19. The minimum Gasteiger partial charge on any atom is -0.490 e. The van der Waals surface area contributed by atoms with Crippen LogP contribution in [0.5, 0.6) is 5.75 Å². The molecule has 1 aromatic carbocycles. The molecule has 0 bridgehead atoms. The number of carbonyl (C=O) groups excluding carboxylic acids is 1. The summed E-state index contributed by atoms with van der Waals surface area (Å²) in [6.45, 7) is 3.92. The molecule has 0 atom stereocenters. The first-order valence-electron chi connectivity index (χ1n) is 6.99. The van der Waals surface area contributed by atoms with E-state index in [0.29, 0.717) is 29.3 Å². The Hall–Kier alpha value is -2.89. The van der Waals surface area contributed by atoms with Crippen LogP contribution < -0.4 is 10.1 Å². The van der Waals surface area contributed by atoms with Gasteiger partial charge in [-0.05, 0) is 44.2 Å². The van der Waals surface area contributed by atoms with E-state index in [-0.39, 0.29) is 6.10 Å². The number of anilines is 1. The number of amides is 1. The fourth-order valence-electron chi connectivity index (χ4n) is 2.20. The van der Waals surface area contributed by atoms with Gasteiger partial charge in [0.05, 0.1) is 17.2 Å². The van der Waals surface area contributed by atoms with Crippen molar-refractivity contribution in [2.45, 2.75) is 20.0 Å². The minimum absolute atomic E-state index is 0.0335. The summed E-state index contributed by atoms with van der Waals surface area (Å²) in [5.74, 6) is 1.35. The molecule has 0 fully saturated rings. The summed E-state index contributed by atoms with van der Waals surface area (Å²) in [6.07, 6.45) is 2.37. The van der Waals surface area contributed by atoms with Crippen molar-refractivity contribution in [1.29, 1.82) is 0 Å². The van der Waals surface area contributed by atoms with Gasteiger partial charge in [-0.15, -0.1) is 0 Å². The van der Waals surface area contributed by atoms with Gasteiger partial charge in [0.15, 0.2) is 5.65 Å². The van der Waals surface area contributed by atoms with Crippen LogP contribution in [0.25, 0.3) is 22.6 Å². The highest BCUT2D eigenvalue weighted by Crippen LogP contribution is 2.32. The number of benzene rings is 1. The first-order valence-corrected chi connectivity index (χ1v) is 6.99. The second kappa shape index (κ2) is 5.85. The molecule has 1 amide bonds. The molecule has 0 saturated carbocycles. The van der Waals surface area contributed by atoms with Crippen molar-refractivity contribution in [2.75, 3.05) is 5.32 Å². The zero-order chi connectivity index (χ0) is 15.5. The normalized spacial score (nSPS) is 10.9. The molecule has 22 heavy (non-hydrogen) atoms. The number of hydrogen-bond donors (Lipinski definition) is 2. The average molecular weight is 296 g/mol. The molecular formula is C16H16N4O2. The molecule has 2 aromatic heterocycles. The van der Waals surface area contributed by atoms with Crippen LogP contribution in [-0.4, -0.2) is 27.5 Å². The van der Waals surface area contributed by atoms with Crippen molar-refractivity contribution in [3.05, 3.63) is 36.5 Å². The maximum Gasteiger partial charge on any atom is 0.211 e. The van der Waals surface area contributed by atoms with Crippen molar-refractivity contribution in [3.8, 4) is 17.1 Å². The third kappa shape index (κ3) is 2.76. The fourth-order valence-corrected chi connectivity index (χ4v) is 2.20. The average Bonchev–Trinajstić information content (AvgIpc) is 2.92. The Morgan fingerprint density at radius 2 is 2.18 bits per heavy atom. The van der Waals surface area contributed by atoms with E-state index >= 15 is 0 Å². The zero-order valence-corrected chi connectivity index (χ0v) is 12.3. The molecule has 3 rings (SSSR count). The Kier molecular flexibility index (Phi) is 3.74. The molecule has 0 radical (unpaired) electrons. The van der Waals surface area contributed by atoms with Gasteiger partial charge in [0, 0.05) is 11.9 Å². The molecule has 0 aliphatic carbocycles. The summed E-state index contributed by atoms with van der Waals surface area (Å²) in [4.78, 5) is 22.6. The lowest BCUT2D eigenvalue weighted by atomic mass is 10.1. The number of aromatic nitrogens is 3. The molecule has 6 heteroatoms. The summed E-state index contributed by atoms with van der Waals surface area (Å²) in [5, 5.41) is 2.64. The molecule has 2 N–H and O–H groups in total. The second-order valence-electron chi connectivity index (χ2n) is 5.10. The predicted molar refractivity (Wildman–Crippen MR) is 84.8 cm³/mol. The lowest BCUT2D eigenvalue weighted by Crippen LogP contribution is -2.07. The molecule has 0 aliphatic heterocycles. The highest BCUT2D eigenvalue weighted by Gasteiger charge is 2.13. The van der Waals surface area contributed by atoms with Gasteiger partial charge in [-0.3, -0.25) is 4.79 Å². The van der Waals surface area contributed by atoms with E-state index in [4.69, 9.17) is 4.74 Å². The molecule has 0 spiro atoms. The van der Waals surface area contributed by atoms with E-state index in [2.05, 4.69) is 20.3 Å². The van der Waals surface area contributed by atoms with E-state index < -0.39 is 0 Å². The Bertz CT molecular complexity index is 778. The second-order valence-corrected chi connectivity index (χ2v) is 5.10. The Morgan fingerprint density at radius 1 is 1.32 bits per heavy atom. The quantitative estimate of drug-likeness (QED) is 0.709. The molecule has 3 aromatic rings. The molecule has 0 aliphatic rings. The van der Waals surface area contributed by atoms with Gasteiger partial charge >= 0.3 is 0 Å². The van der Waals surface area contributed by atoms with Gasteiger partial charge in [-0.25, -0.2) is 9.97 Å². The fraction of sp³-hybridized carbons (Fsp3) is 0.188. The Morgan fingerprint density at radius 3 is 2.91 bits per heavy atom. The van der Waals surface area contributed by atoms with Gasteiger partial charge in [-0.1, -0.05) is 0 Å². The monoisotopic (exact) mass is 296 g/mol. The van der Waals surface area contributed by atoms with E-state index in [9.17, 15) is 4.79 Å². The lowest BCUT2D eigenvalue weighted by molar-refractivity contribution is -0.105. The first kappa shape index (κ1) is 14.1. The van der Waals surface area contributed by atoms with Gasteiger partial charge in [0.2, 0.25) is 6.41 Å². The zero-order valence-electron chi connectivity index (χ0n) is 12.3. The topological polar surface area (TPSA) is 79.9 Å². The number of imidazole rings is 1. The number of fused-ring (bicyclic) bond motifs is 1. The van der Waals surface area contributed by atoms with Crippen molar-refractivity contribution in [1.82, 2.24) is 15.0 Å². The van der Waals surface area contributed by atoms with Crippen LogP contribution in [0.2, 0.25) is 0 Å². The maximum absolute atomic E-state index is 10.6. The summed E-state index contributed by atoms with van der Waals surface area (Å²) in [5.41, 5.74) is 2.94. The van der Waals surface area contributed by atoms with Gasteiger partial charge in [-0.2, -0.15) is 0 Å². The van der Waals surface area contributed by atoms with E-state index in [1.807, 2.05) is 38.1 Å². The lowest BCUT2D eigenvalue weighted by Gasteiger charge is -2.14. The molecule has 2 heterocycles. The largest absolute Gasteiger partial charge is 0.490 e. The number of nitrogens with one attached hydrogen (secondary N) is 2. The third-order valence-electron chi connectivity index (χ3n) is 3.08. The molecular weight excluding hydrogens is 280 g/mol. The number of H-pyrrole nitrogens is 1. The summed E-state index contributed by atoms with van der Waals surface area (Å²) in [7, 11) is 0. The maximum atomic E-state index is 10.6. The minimum atomic E-state index is 0.0335. The SMILES string of the molecule is CC(C)Oc1ccc(NC=O)cc1-c1nc2ncccc2[nH]1. The number of carbonyl (C=O) groups is 1. The summed E-state index contributed by atoms with van der Waals surface area (Å²) < 4.78 is 5.83. The smallest absolute Gasteiger partial charge is 0.211 e. The van der Waals surface area contributed by atoms with Crippen LogP contribution in [-0.2, 0) is 4.79 Å². The van der Waals surface area contributed by atoms with E-state index in [1.165, 1.54) is 0 Å². The van der Waals surface area contributed by atoms with Crippen molar-refractivity contribution in [2.24, 2.45) is 0 Å². The van der Waals surface area contributed by atoms with Crippen LogP contribution in [0.15, 0.2) is 36.5 Å². The van der Waals surface area contributed by atoms with Crippen LogP contribution >= 0.6 is 0 Å². The van der Waals surface area contributed by atoms with E-state index in [0.717, 1.165) is 11.1 Å². The van der Waals surface area contributed by atoms with E-state index in [1.54, 1.807) is 12.3 Å². The van der Waals surface area contributed by atoms with Gasteiger partial charge in [0.25, 0.3) is 0 Å². The highest BCUT2D eigenvalue weighted by molar-refractivity contribution is 5.81. The summed E-state index contributed by atoms with van der Waals surface area (Å²) >= 11 is 0. The van der Waals surface area contributed by atoms with Crippen molar-refractivity contribution < 1.29 is 9.53 Å². The highest BCUT2D eigenvalue weighted by atomic mass is 16.5. The number of nitrogens with zero attached hydrogens (tertiary/aromatic N) is 2. The van der Waals surface area contributed by atoms with Gasteiger partial charge in [0.1, 0.15) is 11.6 Å². The number of pyridine rings is 1. The van der Waals surface area contributed by atoms with Crippen LogP contribution in [0.3, 0.4) is 0 Å². The third-order valence-corrected chi connectivity index (χ3v) is 3.08. The van der Waals surface area contributed by atoms with Crippen LogP contribution in [0, 0.1) is 0 Å². The number of ether oxygens (including phenoxy) is 1. The number of aromatic amines is 1. The van der Waals surface area contributed by atoms with Crippen LogP contribution in [0.1, 0.15) is 13.8 Å². The Balaban J connectivity index is 2.12. The number of rotatable bonds is 5. The standard InChI is InChI=1S/C16H16N4O2/c1-10(2)22-14-6-5-11(18-9-21)8-12(14)15-19-13-4-3-7-17-16(13)20-15/h3-10H,1-2H3,(H,18,21)(H,17,19,20). The van der Waals surface area contributed by atoms with Gasteiger partial charge < -0.3 is 15.0 Å². The van der Waals surface area contributed by atoms with Crippen LogP contribution in [0.4, 0.5) is 5.69 Å². The van der Waals surface area contributed by atoms with Crippen molar-refractivity contribution >= 4 is 23.3 Å². The molecule has 0 unspecified atom stereocenters. The predicted octanol–water partition coefficient (Wildman–Crippen LogP) is 2.98. The number of hydrogen-bond acceptors (Lipinski definition) is 4. The molecule has 0 saturated heterocycles.